The number of carbonyl (C=O) groups is 1. The summed E-state index contributed by atoms with van der Waals surface area (Å²) in [7, 11) is -3.79. The van der Waals surface area contributed by atoms with Crippen LogP contribution >= 0.6 is 0 Å². The van der Waals surface area contributed by atoms with Crippen LogP contribution in [0, 0.1) is 0 Å². The van der Waals surface area contributed by atoms with Gasteiger partial charge < -0.3 is 10.1 Å². The van der Waals surface area contributed by atoms with E-state index in [9.17, 15) is 13.2 Å². The van der Waals surface area contributed by atoms with Crippen LogP contribution in [0.1, 0.15) is 24.8 Å². The van der Waals surface area contributed by atoms with E-state index >= 15 is 0 Å². The number of hydrogen-bond donors (Lipinski definition) is 2. The SMILES string of the molecule is NS(=O)(=O)c1ccccc1CNC(=O)[C@@H]1CCCCO1. The summed E-state index contributed by atoms with van der Waals surface area (Å²) in [5, 5.41) is 7.84. The van der Waals surface area contributed by atoms with Crippen molar-refractivity contribution < 1.29 is 17.9 Å². The maximum atomic E-state index is 11.9. The first-order valence-corrected chi connectivity index (χ1v) is 8.03. The average Bonchev–Trinajstić information content (AvgIpc) is 2.45. The van der Waals surface area contributed by atoms with E-state index < -0.39 is 16.1 Å². The van der Waals surface area contributed by atoms with Crippen LogP contribution in [-0.2, 0) is 26.1 Å². The van der Waals surface area contributed by atoms with Gasteiger partial charge in [-0.1, -0.05) is 18.2 Å². The van der Waals surface area contributed by atoms with Crippen molar-refractivity contribution in [1.82, 2.24) is 5.32 Å². The van der Waals surface area contributed by atoms with Gasteiger partial charge in [0.05, 0.1) is 4.90 Å². The van der Waals surface area contributed by atoms with E-state index in [0.29, 0.717) is 18.6 Å². The largest absolute Gasteiger partial charge is 0.368 e. The van der Waals surface area contributed by atoms with Crippen LogP contribution < -0.4 is 10.5 Å². The Morgan fingerprint density at radius 1 is 1.35 bits per heavy atom. The maximum absolute atomic E-state index is 11.9. The molecular formula is C13H18N2O4S. The second-order valence-corrected chi connectivity index (χ2v) is 6.26. The minimum absolute atomic E-state index is 0.0323. The van der Waals surface area contributed by atoms with E-state index in [-0.39, 0.29) is 17.3 Å². The van der Waals surface area contributed by atoms with Gasteiger partial charge in [0.25, 0.3) is 0 Å². The molecule has 0 bridgehead atoms. The van der Waals surface area contributed by atoms with Crippen molar-refractivity contribution in [3.63, 3.8) is 0 Å². The van der Waals surface area contributed by atoms with E-state index in [0.717, 1.165) is 12.8 Å². The van der Waals surface area contributed by atoms with Gasteiger partial charge in [0.1, 0.15) is 6.10 Å². The van der Waals surface area contributed by atoms with E-state index in [1.165, 1.54) is 6.07 Å². The van der Waals surface area contributed by atoms with Crippen LogP contribution in [0.25, 0.3) is 0 Å². The molecule has 0 unspecified atom stereocenters. The Balaban J connectivity index is 2.02. The first kappa shape index (κ1) is 15.0. The Morgan fingerprint density at radius 2 is 2.10 bits per heavy atom. The van der Waals surface area contributed by atoms with Crippen molar-refractivity contribution in [2.45, 2.75) is 36.8 Å². The highest BCUT2D eigenvalue weighted by Crippen LogP contribution is 2.15. The Morgan fingerprint density at radius 3 is 2.75 bits per heavy atom. The number of primary sulfonamides is 1. The molecule has 110 valence electrons. The zero-order valence-electron chi connectivity index (χ0n) is 11.0. The van der Waals surface area contributed by atoms with Crippen LogP contribution in [-0.4, -0.2) is 27.0 Å². The highest BCUT2D eigenvalue weighted by atomic mass is 32.2. The van der Waals surface area contributed by atoms with Gasteiger partial charge in [-0.2, -0.15) is 0 Å². The molecule has 2 rings (SSSR count). The van der Waals surface area contributed by atoms with Crippen LogP contribution in [0.5, 0.6) is 0 Å². The molecule has 3 N–H and O–H groups in total. The number of rotatable bonds is 4. The molecule has 0 radical (unpaired) electrons. The highest BCUT2D eigenvalue weighted by Gasteiger charge is 2.22. The molecule has 1 aromatic rings. The second kappa shape index (κ2) is 6.34. The van der Waals surface area contributed by atoms with Gasteiger partial charge in [0.2, 0.25) is 15.9 Å². The topological polar surface area (TPSA) is 98.5 Å². The summed E-state index contributed by atoms with van der Waals surface area (Å²) >= 11 is 0. The Hall–Kier alpha value is -1.44. The molecule has 1 aliphatic heterocycles. The molecule has 1 atom stereocenters. The number of amides is 1. The molecule has 1 aromatic carbocycles. The molecule has 0 spiro atoms. The monoisotopic (exact) mass is 298 g/mol. The quantitative estimate of drug-likeness (QED) is 0.846. The lowest BCUT2D eigenvalue weighted by atomic mass is 10.1. The van der Waals surface area contributed by atoms with E-state index in [4.69, 9.17) is 9.88 Å². The van der Waals surface area contributed by atoms with Gasteiger partial charge in [0, 0.05) is 13.2 Å². The number of sulfonamides is 1. The first-order valence-electron chi connectivity index (χ1n) is 6.48. The van der Waals surface area contributed by atoms with Crippen molar-refractivity contribution in [2.75, 3.05) is 6.61 Å². The summed E-state index contributed by atoms with van der Waals surface area (Å²) in [5.74, 6) is -0.214. The van der Waals surface area contributed by atoms with Crippen LogP contribution in [0.15, 0.2) is 29.2 Å². The molecule has 0 aromatic heterocycles. The summed E-state index contributed by atoms with van der Waals surface area (Å²) in [6.07, 6.45) is 2.19. The summed E-state index contributed by atoms with van der Waals surface area (Å²) in [4.78, 5) is 11.9. The molecule has 7 heteroatoms. The molecule has 6 nitrogen and oxygen atoms in total. The van der Waals surface area contributed by atoms with Crippen molar-refractivity contribution in [1.29, 1.82) is 0 Å². The summed E-state index contributed by atoms with van der Waals surface area (Å²) in [6, 6.07) is 6.35. The standard InChI is InChI=1S/C13H18N2O4S/c14-20(17,18)12-7-2-1-5-10(12)9-15-13(16)11-6-3-4-8-19-11/h1-2,5,7,11H,3-4,6,8-9H2,(H,15,16)(H2,14,17,18)/t11-/m0/s1. The third-order valence-electron chi connectivity index (χ3n) is 3.20. The molecule has 0 aliphatic carbocycles. The molecule has 0 saturated carbocycles. The lowest BCUT2D eigenvalue weighted by Crippen LogP contribution is -2.38. The fraction of sp³-hybridized carbons (Fsp3) is 0.462. The van der Waals surface area contributed by atoms with Crippen molar-refractivity contribution in [3.8, 4) is 0 Å². The fourth-order valence-electron chi connectivity index (χ4n) is 2.17. The first-order chi connectivity index (χ1) is 9.48. The molecule has 1 saturated heterocycles. The number of nitrogens with two attached hydrogens (primary N) is 1. The Labute approximate surface area is 118 Å². The minimum Gasteiger partial charge on any atom is -0.368 e. The number of hydrogen-bond acceptors (Lipinski definition) is 4. The van der Waals surface area contributed by atoms with Gasteiger partial charge in [-0.15, -0.1) is 0 Å². The number of nitrogens with one attached hydrogen (secondary N) is 1. The van der Waals surface area contributed by atoms with Crippen LogP contribution in [0.2, 0.25) is 0 Å². The van der Waals surface area contributed by atoms with Crippen molar-refractivity contribution >= 4 is 15.9 Å². The zero-order valence-corrected chi connectivity index (χ0v) is 11.9. The highest BCUT2D eigenvalue weighted by molar-refractivity contribution is 7.89. The van der Waals surface area contributed by atoms with Gasteiger partial charge in [-0.3, -0.25) is 4.79 Å². The second-order valence-electron chi connectivity index (χ2n) is 4.73. The Kier molecular flexibility index (Phi) is 4.74. The fourth-order valence-corrected chi connectivity index (χ4v) is 2.95. The predicted octanol–water partition coefficient (Wildman–Crippen LogP) is 0.519. The summed E-state index contributed by atoms with van der Waals surface area (Å²) < 4.78 is 28.3. The number of carbonyl (C=O) groups excluding carboxylic acids is 1. The minimum atomic E-state index is -3.79. The number of benzene rings is 1. The predicted molar refractivity (Wildman–Crippen MR) is 73.3 cm³/mol. The summed E-state index contributed by atoms with van der Waals surface area (Å²) in [5.41, 5.74) is 0.471. The van der Waals surface area contributed by atoms with Crippen molar-refractivity contribution in [2.24, 2.45) is 5.14 Å². The van der Waals surface area contributed by atoms with Crippen LogP contribution in [0.4, 0.5) is 0 Å². The Bertz CT molecular complexity index is 580. The normalized spacial score (nSPS) is 19.6. The summed E-state index contributed by atoms with van der Waals surface area (Å²) in [6.45, 7) is 0.706. The molecule has 1 aliphatic rings. The smallest absolute Gasteiger partial charge is 0.249 e. The maximum Gasteiger partial charge on any atom is 0.249 e. The molecule has 1 fully saturated rings. The third kappa shape index (κ3) is 3.78. The van der Waals surface area contributed by atoms with Gasteiger partial charge in [-0.05, 0) is 30.9 Å². The third-order valence-corrected chi connectivity index (χ3v) is 4.22. The lowest BCUT2D eigenvalue weighted by molar-refractivity contribution is -0.135. The average molecular weight is 298 g/mol. The van der Waals surface area contributed by atoms with Crippen LogP contribution in [0.3, 0.4) is 0 Å². The van der Waals surface area contributed by atoms with E-state index in [2.05, 4.69) is 5.32 Å². The number of ether oxygens (including phenoxy) is 1. The van der Waals surface area contributed by atoms with Gasteiger partial charge >= 0.3 is 0 Å². The lowest BCUT2D eigenvalue weighted by Gasteiger charge is -2.21. The molecular weight excluding hydrogens is 280 g/mol. The molecule has 1 amide bonds. The molecule has 1 heterocycles. The van der Waals surface area contributed by atoms with Crippen molar-refractivity contribution in [3.05, 3.63) is 29.8 Å². The van der Waals surface area contributed by atoms with Gasteiger partial charge in [-0.25, -0.2) is 13.6 Å². The zero-order chi connectivity index (χ0) is 14.6. The van der Waals surface area contributed by atoms with E-state index in [1.807, 2.05) is 0 Å². The van der Waals surface area contributed by atoms with E-state index in [1.54, 1.807) is 18.2 Å². The molecule has 20 heavy (non-hydrogen) atoms. The van der Waals surface area contributed by atoms with Gasteiger partial charge in [0.15, 0.2) is 0 Å².